The van der Waals surface area contributed by atoms with Crippen molar-refractivity contribution in [3.8, 4) is 0 Å². The number of esters is 1. The van der Waals surface area contributed by atoms with Gasteiger partial charge < -0.3 is 17.1 Å². The Hall–Kier alpha value is -1.61. The second-order valence-electron chi connectivity index (χ2n) is 2.10. The average Bonchev–Trinajstić information content (AvgIpc) is 2.45. The number of ether oxygens (including phenoxy) is 1. The van der Waals surface area contributed by atoms with E-state index in [2.05, 4.69) is 14.8 Å². The maximum absolute atomic E-state index is 11.0. The number of hydrogen-bond donors (Lipinski definition) is 0. The molecule has 7 heteroatoms. The van der Waals surface area contributed by atoms with Crippen molar-refractivity contribution in [1.82, 2.24) is 9.78 Å². The van der Waals surface area contributed by atoms with E-state index in [9.17, 15) is 4.79 Å². The summed E-state index contributed by atoms with van der Waals surface area (Å²) in [6, 6.07) is 0. The molecule has 0 aliphatic carbocycles. The standard InChI is InChI=1S/C6H7N4O2.ClH/c1-10-5(9-7)4(3-8-10)6(11)12-2;/h3H,1-2H3;1H/q+1;/p-1. The van der Waals surface area contributed by atoms with Gasteiger partial charge in [0.2, 0.25) is 0 Å². The molecule has 0 spiro atoms. The minimum Gasteiger partial charge on any atom is -1.00 e. The van der Waals surface area contributed by atoms with Crippen LogP contribution < -0.4 is 12.4 Å². The van der Waals surface area contributed by atoms with Crippen molar-refractivity contribution < 1.29 is 21.9 Å². The average molecular weight is 203 g/mol. The van der Waals surface area contributed by atoms with Gasteiger partial charge in [-0.15, -0.1) is 4.68 Å². The van der Waals surface area contributed by atoms with Crippen LogP contribution in [0.15, 0.2) is 6.20 Å². The van der Waals surface area contributed by atoms with E-state index >= 15 is 0 Å². The Balaban J connectivity index is 0.00000144. The van der Waals surface area contributed by atoms with Crippen molar-refractivity contribution in [3.05, 3.63) is 16.7 Å². The van der Waals surface area contributed by atoms with Crippen LogP contribution in [0.25, 0.3) is 4.98 Å². The fourth-order valence-corrected chi connectivity index (χ4v) is 0.804. The van der Waals surface area contributed by atoms with Crippen LogP contribution in [0.5, 0.6) is 0 Å². The van der Waals surface area contributed by atoms with Crippen LogP contribution in [0, 0.1) is 5.39 Å². The molecule has 0 N–H and O–H groups in total. The fraction of sp³-hybridized carbons (Fsp3) is 0.333. The number of aryl methyl sites for hydroxylation is 1. The summed E-state index contributed by atoms with van der Waals surface area (Å²) >= 11 is 0. The number of halogens is 1. The summed E-state index contributed by atoms with van der Waals surface area (Å²) in [5, 5.41) is 12.2. The quantitative estimate of drug-likeness (QED) is 0.379. The van der Waals surface area contributed by atoms with E-state index in [1.807, 2.05) is 0 Å². The molecule has 0 aliphatic rings. The summed E-state index contributed by atoms with van der Waals surface area (Å²) in [7, 11) is 2.80. The first-order chi connectivity index (χ1) is 5.70. The molecule has 0 unspecified atom stereocenters. The van der Waals surface area contributed by atoms with E-state index in [1.54, 1.807) is 7.05 Å². The molecular weight excluding hydrogens is 196 g/mol. The third-order valence-corrected chi connectivity index (χ3v) is 1.41. The van der Waals surface area contributed by atoms with Crippen LogP contribution in [-0.2, 0) is 11.8 Å². The molecule has 1 aromatic heterocycles. The van der Waals surface area contributed by atoms with Crippen molar-refractivity contribution in [3.63, 3.8) is 0 Å². The van der Waals surface area contributed by atoms with Gasteiger partial charge in [0.05, 0.1) is 18.7 Å². The molecule has 0 radical (unpaired) electrons. The summed E-state index contributed by atoms with van der Waals surface area (Å²) in [5.41, 5.74) is 0.141. The summed E-state index contributed by atoms with van der Waals surface area (Å²) in [6.45, 7) is 0. The Morgan fingerprint density at radius 1 is 1.77 bits per heavy atom. The third kappa shape index (κ3) is 1.95. The largest absolute Gasteiger partial charge is 1.00 e. The molecule has 1 heterocycles. The molecule has 0 saturated heterocycles. The molecule has 0 aromatic carbocycles. The molecule has 6 nitrogen and oxygen atoms in total. The van der Waals surface area contributed by atoms with Gasteiger partial charge in [-0.25, -0.2) is 4.79 Å². The fourth-order valence-electron chi connectivity index (χ4n) is 0.804. The number of carbonyl (C=O) groups excluding carboxylic acids is 1. The number of diazo groups is 1. The number of nitrogens with zero attached hydrogens (tertiary/aromatic N) is 4. The highest BCUT2D eigenvalue weighted by Crippen LogP contribution is 2.17. The van der Waals surface area contributed by atoms with E-state index in [-0.39, 0.29) is 23.8 Å². The van der Waals surface area contributed by atoms with Crippen molar-refractivity contribution in [2.75, 3.05) is 7.11 Å². The van der Waals surface area contributed by atoms with Crippen molar-refractivity contribution in [2.24, 2.45) is 7.05 Å². The number of methoxy groups -OCH3 is 1. The van der Waals surface area contributed by atoms with Gasteiger partial charge in [-0.1, -0.05) is 5.10 Å². The third-order valence-electron chi connectivity index (χ3n) is 1.41. The normalized spacial score (nSPS) is 8.38. The zero-order chi connectivity index (χ0) is 9.14. The van der Waals surface area contributed by atoms with Gasteiger partial charge in [0, 0.05) is 4.98 Å². The van der Waals surface area contributed by atoms with Crippen molar-refractivity contribution in [2.45, 2.75) is 0 Å². The lowest BCUT2D eigenvalue weighted by Gasteiger charge is -1.88. The first-order valence-corrected chi connectivity index (χ1v) is 3.16. The highest BCUT2D eigenvalue weighted by molar-refractivity contribution is 5.94. The minimum atomic E-state index is -0.573. The molecule has 0 bridgehead atoms. The first-order valence-electron chi connectivity index (χ1n) is 3.16. The Morgan fingerprint density at radius 2 is 2.38 bits per heavy atom. The number of hydrogen-bond acceptors (Lipinski definition) is 4. The predicted octanol–water partition coefficient (Wildman–Crippen LogP) is -2.30. The second kappa shape index (κ2) is 4.42. The molecule has 0 saturated carbocycles. The van der Waals surface area contributed by atoms with Gasteiger partial charge >= 0.3 is 11.8 Å². The molecule has 1 rings (SSSR count). The highest BCUT2D eigenvalue weighted by Gasteiger charge is 2.25. The van der Waals surface area contributed by atoms with Crippen LogP contribution in [0.2, 0.25) is 0 Å². The number of rotatable bonds is 1. The highest BCUT2D eigenvalue weighted by atomic mass is 35.5. The Labute approximate surface area is 80.5 Å². The molecular formula is C6H7ClN4O2. The second-order valence-corrected chi connectivity index (χ2v) is 2.10. The SMILES string of the molecule is COC(=O)c1cnn(C)c1[N+]#N.[Cl-]. The van der Waals surface area contributed by atoms with E-state index in [0.29, 0.717) is 0 Å². The Morgan fingerprint density at radius 3 is 2.85 bits per heavy atom. The van der Waals surface area contributed by atoms with Crippen LogP contribution in [-0.4, -0.2) is 22.9 Å². The predicted molar refractivity (Wildman–Crippen MR) is 39.3 cm³/mol. The molecule has 0 amide bonds. The maximum atomic E-state index is 11.0. The lowest BCUT2D eigenvalue weighted by Crippen LogP contribution is -3.00. The van der Waals surface area contributed by atoms with Crippen molar-refractivity contribution in [1.29, 1.82) is 5.39 Å². The number of aromatic nitrogens is 2. The van der Waals surface area contributed by atoms with Gasteiger partial charge in [-0.05, 0) is 0 Å². The lowest BCUT2D eigenvalue weighted by atomic mass is 10.3. The summed E-state index contributed by atoms with van der Waals surface area (Å²) in [5.74, 6) is -0.488. The summed E-state index contributed by atoms with van der Waals surface area (Å²) in [6.07, 6.45) is 1.28. The zero-order valence-electron chi connectivity index (χ0n) is 7.06. The smallest absolute Gasteiger partial charge is 0.460 e. The molecule has 0 aliphatic heterocycles. The van der Waals surface area contributed by atoms with E-state index in [1.165, 1.54) is 18.0 Å². The molecule has 70 valence electrons. The topological polar surface area (TPSA) is 72.3 Å². The Kier molecular flexibility index (Phi) is 3.88. The van der Waals surface area contributed by atoms with Crippen LogP contribution in [0.4, 0.5) is 5.82 Å². The van der Waals surface area contributed by atoms with Crippen LogP contribution >= 0.6 is 0 Å². The monoisotopic (exact) mass is 202 g/mol. The minimum absolute atomic E-state index is 0. The molecule has 13 heavy (non-hydrogen) atoms. The van der Waals surface area contributed by atoms with Gasteiger partial charge in [0.25, 0.3) is 0 Å². The van der Waals surface area contributed by atoms with E-state index < -0.39 is 5.97 Å². The van der Waals surface area contributed by atoms with Crippen LogP contribution in [0.1, 0.15) is 10.4 Å². The molecule has 0 atom stereocenters. The summed E-state index contributed by atoms with van der Waals surface area (Å²) in [4.78, 5) is 13.9. The van der Waals surface area contributed by atoms with Crippen molar-refractivity contribution >= 4 is 11.8 Å². The zero-order valence-corrected chi connectivity index (χ0v) is 7.82. The Bertz CT molecular complexity index is 354. The van der Waals surface area contributed by atoms with E-state index in [4.69, 9.17) is 5.39 Å². The van der Waals surface area contributed by atoms with Gasteiger partial charge in [0.15, 0.2) is 5.56 Å². The van der Waals surface area contributed by atoms with Gasteiger partial charge in [-0.3, -0.25) is 0 Å². The molecule has 1 aromatic rings. The summed E-state index contributed by atoms with van der Waals surface area (Å²) < 4.78 is 5.70. The number of carbonyl (C=O) groups is 1. The van der Waals surface area contributed by atoms with E-state index in [0.717, 1.165) is 0 Å². The van der Waals surface area contributed by atoms with Gasteiger partial charge in [-0.2, -0.15) is 0 Å². The maximum Gasteiger partial charge on any atom is 0.460 e. The lowest BCUT2D eigenvalue weighted by molar-refractivity contribution is -0.0000176. The van der Waals surface area contributed by atoms with Crippen LogP contribution in [0.3, 0.4) is 0 Å². The molecule has 0 fully saturated rings. The van der Waals surface area contributed by atoms with Gasteiger partial charge in [0.1, 0.15) is 7.05 Å². The first kappa shape index (κ1) is 11.4.